The molecule has 1 rings (SSSR count). The van der Waals surface area contributed by atoms with E-state index in [0.717, 1.165) is 18.2 Å². The number of benzene rings is 1. The average Bonchev–Trinajstić information content (AvgIpc) is 2.40. The number of rotatable bonds is 5. The lowest BCUT2D eigenvalue weighted by Gasteiger charge is -2.14. The van der Waals surface area contributed by atoms with Crippen LogP contribution in [0, 0.1) is 13.8 Å². The van der Waals surface area contributed by atoms with Gasteiger partial charge in [0.25, 0.3) is 5.91 Å². The summed E-state index contributed by atoms with van der Waals surface area (Å²) >= 11 is 0. The molecule has 0 saturated carbocycles. The SMILES string of the molecule is COC(=O)C[C@H](NC(=O)c1cc(C)ccc1C)C(=O)O. The zero-order valence-electron chi connectivity index (χ0n) is 11.6. The summed E-state index contributed by atoms with van der Waals surface area (Å²) in [5.74, 6) is -2.50. The Morgan fingerprint density at radius 1 is 1.30 bits per heavy atom. The van der Waals surface area contributed by atoms with Crippen LogP contribution in [0.1, 0.15) is 27.9 Å². The van der Waals surface area contributed by atoms with E-state index in [9.17, 15) is 14.4 Å². The molecular formula is C14H17NO5. The predicted molar refractivity (Wildman–Crippen MR) is 71.4 cm³/mol. The van der Waals surface area contributed by atoms with E-state index >= 15 is 0 Å². The summed E-state index contributed by atoms with van der Waals surface area (Å²) < 4.78 is 4.41. The van der Waals surface area contributed by atoms with Crippen molar-refractivity contribution in [2.75, 3.05) is 7.11 Å². The van der Waals surface area contributed by atoms with Crippen molar-refractivity contribution >= 4 is 17.8 Å². The summed E-state index contributed by atoms with van der Waals surface area (Å²) in [5, 5.41) is 11.3. The molecule has 2 N–H and O–H groups in total. The third-order valence-corrected chi connectivity index (χ3v) is 2.84. The Labute approximate surface area is 116 Å². The number of carboxylic acids is 1. The fraction of sp³-hybridized carbons (Fsp3) is 0.357. The number of carbonyl (C=O) groups is 3. The summed E-state index contributed by atoms with van der Waals surface area (Å²) in [6.45, 7) is 3.59. The zero-order chi connectivity index (χ0) is 15.3. The van der Waals surface area contributed by atoms with Crippen molar-refractivity contribution in [3.05, 3.63) is 34.9 Å². The highest BCUT2D eigenvalue weighted by Gasteiger charge is 2.24. The third-order valence-electron chi connectivity index (χ3n) is 2.84. The molecule has 0 spiro atoms. The highest BCUT2D eigenvalue weighted by Crippen LogP contribution is 2.11. The molecule has 0 heterocycles. The van der Waals surface area contributed by atoms with Crippen molar-refractivity contribution in [1.82, 2.24) is 5.32 Å². The van der Waals surface area contributed by atoms with Crippen LogP contribution in [0.3, 0.4) is 0 Å². The number of carbonyl (C=O) groups excluding carboxylic acids is 2. The maximum Gasteiger partial charge on any atom is 0.326 e. The lowest BCUT2D eigenvalue weighted by atomic mass is 10.0. The molecule has 0 saturated heterocycles. The Bertz CT molecular complexity index is 538. The number of methoxy groups -OCH3 is 1. The van der Waals surface area contributed by atoms with Gasteiger partial charge in [0.1, 0.15) is 6.04 Å². The molecule has 0 fully saturated rings. The molecule has 0 aliphatic rings. The first-order chi connectivity index (χ1) is 9.35. The van der Waals surface area contributed by atoms with E-state index in [-0.39, 0.29) is 0 Å². The van der Waals surface area contributed by atoms with E-state index in [4.69, 9.17) is 5.11 Å². The Morgan fingerprint density at radius 2 is 1.95 bits per heavy atom. The van der Waals surface area contributed by atoms with Gasteiger partial charge in [-0.2, -0.15) is 0 Å². The topological polar surface area (TPSA) is 92.7 Å². The van der Waals surface area contributed by atoms with Gasteiger partial charge in [0.05, 0.1) is 13.5 Å². The second-order valence-electron chi connectivity index (χ2n) is 4.46. The average molecular weight is 279 g/mol. The van der Waals surface area contributed by atoms with Gasteiger partial charge in [0.2, 0.25) is 0 Å². The molecule has 0 radical (unpaired) electrons. The van der Waals surface area contributed by atoms with E-state index in [1.165, 1.54) is 0 Å². The van der Waals surface area contributed by atoms with Crippen molar-refractivity contribution in [3.63, 3.8) is 0 Å². The molecule has 1 amide bonds. The smallest absolute Gasteiger partial charge is 0.326 e. The molecule has 0 aliphatic heterocycles. The summed E-state index contributed by atoms with van der Waals surface area (Å²) in [4.78, 5) is 34.3. The van der Waals surface area contributed by atoms with Crippen LogP contribution in [0.2, 0.25) is 0 Å². The van der Waals surface area contributed by atoms with Gasteiger partial charge >= 0.3 is 11.9 Å². The fourth-order valence-corrected chi connectivity index (χ4v) is 1.67. The molecule has 108 valence electrons. The van der Waals surface area contributed by atoms with Gasteiger partial charge in [-0.25, -0.2) is 4.79 Å². The number of carboxylic acid groups (broad SMARTS) is 1. The summed E-state index contributed by atoms with van der Waals surface area (Å²) in [5.41, 5.74) is 2.01. The number of aryl methyl sites for hydroxylation is 2. The van der Waals surface area contributed by atoms with Crippen molar-refractivity contribution in [2.24, 2.45) is 0 Å². The predicted octanol–water partition coefficient (Wildman–Crippen LogP) is 1.05. The van der Waals surface area contributed by atoms with E-state index < -0.39 is 30.3 Å². The van der Waals surface area contributed by atoms with Crippen molar-refractivity contribution < 1.29 is 24.2 Å². The monoisotopic (exact) mass is 279 g/mol. The van der Waals surface area contributed by atoms with Gasteiger partial charge in [-0.1, -0.05) is 17.7 Å². The minimum atomic E-state index is -1.31. The fourth-order valence-electron chi connectivity index (χ4n) is 1.67. The van der Waals surface area contributed by atoms with E-state index in [2.05, 4.69) is 10.1 Å². The number of aliphatic carboxylic acids is 1. The van der Waals surface area contributed by atoms with Crippen LogP contribution in [-0.2, 0) is 14.3 Å². The van der Waals surface area contributed by atoms with Crippen LogP contribution in [0.4, 0.5) is 0 Å². The first-order valence-corrected chi connectivity index (χ1v) is 6.03. The van der Waals surface area contributed by atoms with Crippen LogP contribution in [-0.4, -0.2) is 36.1 Å². The third kappa shape index (κ3) is 4.08. The molecule has 1 aromatic rings. The Hall–Kier alpha value is -2.37. The molecular weight excluding hydrogens is 262 g/mol. The number of esters is 1. The molecule has 0 bridgehead atoms. The van der Waals surface area contributed by atoms with Crippen LogP contribution in [0.25, 0.3) is 0 Å². The lowest BCUT2D eigenvalue weighted by molar-refractivity contribution is -0.147. The largest absolute Gasteiger partial charge is 0.480 e. The van der Waals surface area contributed by atoms with Gasteiger partial charge < -0.3 is 15.2 Å². The van der Waals surface area contributed by atoms with Gasteiger partial charge in [0, 0.05) is 5.56 Å². The Morgan fingerprint density at radius 3 is 2.50 bits per heavy atom. The standard InChI is InChI=1S/C14H17NO5/c1-8-4-5-9(2)10(6-8)13(17)15-11(14(18)19)7-12(16)20-3/h4-6,11H,7H2,1-3H3,(H,15,17)(H,18,19)/t11-/m0/s1. The normalized spacial score (nSPS) is 11.6. The quantitative estimate of drug-likeness (QED) is 0.786. The molecule has 6 nitrogen and oxygen atoms in total. The van der Waals surface area contributed by atoms with Gasteiger partial charge in [-0.3, -0.25) is 9.59 Å². The zero-order valence-corrected chi connectivity index (χ0v) is 11.6. The lowest BCUT2D eigenvalue weighted by Crippen LogP contribution is -2.42. The second-order valence-corrected chi connectivity index (χ2v) is 4.46. The second kappa shape index (κ2) is 6.70. The Balaban J connectivity index is 2.88. The van der Waals surface area contributed by atoms with Crippen LogP contribution in [0.15, 0.2) is 18.2 Å². The van der Waals surface area contributed by atoms with Gasteiger partial charge in [0.15, 0.2) is 0 Å². The molecule has 20 heavy (non-hydrogen) atoms. The molecule has 1 aromatic carbocycles. The summed E-state index contributed by atoms with van der Waals surface area (Å²) in [6.07, 6.45) is -0.414. The van der Waals surface area contributed by atoms with E-state index in [1.54, 1.807) is 19.1 Å². The highest BCUT2D eigenvalue weighted by molar-refractivity contribution is 5.98. The van der Waals surface area contributed by atoms with Crippen LogP contribution in [0.5, 0.6) is 0 Å². The molecule has 0 aromatic heterocycles. The maximum atomic E-state index is 12.1. The van der Waals surface area contributed by atoms with Crippen molar-refractivity contribution in [1.29, 1.82) is 0 Å². The molecule has 0 aliphatic carbocycles. The summed E-state index contributed by atoms with van der Waals surface area (Å²) in [7, 11) is 1.16. The first-order valence-electron chi connectivity index (χ1n) is 6.03. The highest BCUT2D eigenvalue weighted by atomic mass is 16.5. The van der Waals surface area contributed by atoms with E-state index in [0.29, 0.717) is 5.56 Å². The number of hydrogen-bond acceptors (Lipinski definition) is 4. The van der Waals surface area contributed by atoms with Crippen molar-refractivity contribution in [2.45, 2.75) is 26.3 Å². The maximum absolute atomic E-state index is 12.1. The van der Waals surface area contributed by atoms with Crippen LogP contribution < -0.4 is 5.32 Å². The first kappa shape index (κ1) is 15.7. The molecule has 0 unspecified atom stereocenters. The molecule has 1 atom stereocenters. The minimum Gasteiger partial charge on any atom is -0.480 e. The van der Waals surface area contributed by atoms with Crippen molar-refractivity contribution in [3.8, 4) is 0 Å². The number of nitrogens with one attached hydrogen (secondary N) is 1. The number of ether oxygens (including phenoxy) is 1. The molecule has 6 heteroatoms. The summed E-state index contributed by atoms with van der Waals surface area (Å²) in [6, 6.07) is 3.99. The number of hydrogen-bond donors (Lipinski definition) is 2. The minimum absolute atomic E-state index is 0.390. The van der Waals surface area contributed by atoms with Gasteiger partial charge in [-0.05, 0) is 25.5 Å². The van der Waals surface area contributed by atoms with Gasteiger partial charge in [-0.15, -0.1) is 0 Å². The van der Waals surface area contributed by atoms with E-state index in [1.807, 2.05) is 13.0 Å². The van der Waals surface area contributed by atoms with Crippen LogP contribution >= 0.6 is 0 Å². The Kier molecular flexibility index (Phi) is 5.25. The number of amides is 1.